The third-order valence-corrected chi connectivity index (χ3v) is 6.27. The lowest BCUT2D eigenvalue weighted by Gasteiger charge is -2.46. The normalized spacial score (nSPS) is 22.1. The summed E-state index contributed by atoms with van der Waals surface area (Å²) in [7, 11) is 0. The SMILES string of the molecule is Cc1cccc(N2CCN(CC3(CS)CCC3)CC2)c1C. The molecule has 0 bridgehead atoms. The zero-order valence-corrected chi connectivity index (χ0v) is 14.3. The summed E-state index contributed by atoms with van der Waals surface area (Å²) < 4.78 is 0. The van der Waals surface area contributed by atoms with Crippen LogP contribution in [0, 0.1) is 19.3 Å². The monoisotopic (exact) mass is 304 g/mol. The average molecular weight is 305 g/mol. The molecule has 1 aliphatic carbocycles. The van der Waals surface area contributed by atoms with Crippen molar-refractivity contribution in [2.45, 2.75) is 33.1 Å². The minimum atomic E-state index is 0.532. The molecule has 21 heavy (non-hydrogen) atoms. The van der Waals surface area contributed by atoms with E-state index < -0.39 is 0 Å². The smallest absolute Gasteiger partial charge is 0.0399 e. The summed E-state index contributed by atoms with van der Waals surface area (Å²) >= 11 is 4.59. The molecule has 3 rings (SSSR count). The number of thiol groups is 1. The Bertz CT molecular complexity index is 482. The lowest BCUT2D eigenvalue weighted by molar-refractivity contribution is 0.0868. The second-order valence-corrected chi connectivity index (χ2v) is 7.31. The van der Waals surface area contributed by atoms with Crippen LogP contribution in [0.5, 0.6) is 0 Å². The van der Waals surface area contributed by atoms with Crippen LogP contribution >= 0.6 is 12.6 Å². The van der Waals surface area contributed by atoms with Gasteiger partial charge in [0.15, 0.2) is 0 Å². The lowest BCUT2D eigenvalue weighted by Crippen LogP contribution is -2.52. The third kappa shape index (κ3) is 3.09. The molecule has 1 heterocycles. The van der Waals surface area contributed by atoms with Crippen LogP contribution in [-0.4, -0.2) is 43.4 Å². The van der Waals surface area contributed by atoms with Gasteiger partial charge in [-0.05, 0) is 55.1 Å². The van der Waals surface area contributed by atoms with Gasteiger partial charge < -0.3 is 4.90 Å². The number of piperazine rings is 1. The van der Waals surface area contributed by atoms with E-state index in [1.807, 2.05) is 0 Å². The van der Waals surface area contributed by atoms with Crippen molar-refractivity contribution in [3.05, 3.63) is 29.3 Å². The molecule has 1 saturated carbocycles. The molecule has 2 fully saturated rings. The van der Waals surface area contributed by atoms with Crippen LogP contribution in [0.3, 0.4) is 0 Å². The largest absolute Gasteiger partial charge is 0.369 e. The van der Waals surface area contributed by atoms with Crippen LogP contribution in [0.2, 0.25) is 0 Å². The number of benzene rings is 1. The van der Waals surface area contributed by atoms with Gasteiger partial charge in [0.05, 0.1) is 0 Å². The van der Waals surface area contributed by atoms with Gasteiger partial charge in [-0.25, -0.2) is 0 Å². The third-order valence-electron chi connectivity index (χ3n) is 5.60. The Hall–Kier alpha value is -0.670. The zero-order chi connectivity index (χ0) is 14.9. The van der Waals surface area contributed by atoms with Gasteiger partial charge in [-0.2, -0.15) is 12.6 Å². The van der Waals surface area contributed by atoms with Crippen LogP contribution in [0.1, 0.15) is 30.4 Å². The molecular weight excluding hydrogens is 276 g/mol. The van der Waals surface area contributed by atoms with E-state index >= 15 is 0 Å². The minimum Gasteiger partial charge on any atom is -0.369 e. The van der Waals surface area contributed by atoms with E-state index in [0.29, 0.717) is 5.41 Å². The Morgan fingerprint density at radius 1 is 1.10 bits per heavy atom. The van der Waals surface area contributed by atoms with Crippen LogP contribution < -0.4 is 4.90 Å². The molecule has 116 valence electrons. The number of hydrogen-bond acceptors (Lipinski definition) is 3. The summed E-state index contributed by atoms with van der Waals surface area (Å²) in [5, 5.41) is 0. The van der Waals surface area contributed by atoms with Gasteiger partial charge in [0.25, 0.3) is 0 Å². The summed E-state index contributed by atoms with van der Waals surface area (Å²) in [5.41, 5.74) is 4.81. The highest BCUT2D eigenvalue weighted by atomic mass is 32.1. The van der Waals surface area contributed by atoms with Gasteiger partial charge in [0.1, 0.15) is 0 Å². The topological polar surface area (TPSA) is 6.48 Å². The Morgan fingerprint density at radius 3 is 2.38 bits per heavy atom. The molecular formula is C18H28N2S. The summed E-state index contributed by atoms with van der Waals surface area (Å²) in [5.74, 6) is 1.06. The van der Waals surface area contributed by atoms with E-state index in [1.54, 1.807) is 0 Å². The number of nitrogens with zero attached hydrogens (tertiary/aromatic N) is 2. The first-order valence-corrected chi connectivity index (χ1v) is 8.91. The van der Waals surface area contributed by atoms with E-state index in [0.717, 1.165) is 18.8 Å². The van der Waals surface area contributed by atoms with Crippen LogP contribution in [0.4, 0.5) is 5.69 Å². The first kappa shape index (κ1) is 15.2. The number of aryl methyl sites for hydroxylation is 1. The first-order chi connectivity index (χ1) is 10.1. The highest BCUT2D eigenvalue weighted by Gasteiger charge is 2.37. The fourth-order valence-electron chi connectivity index (χ4n) is 3.74. The summed E-state index contributed by atoms with van der Waals surface area (Å²) in [6, 6.07) is 6.68. The first-order valence-electron chi connectivity index (χ1n) is 8.28. The van der Waals surface area contributed by atoms with E-state index in [-0.39, 0.29) is 0 Å². The van der Waals surface area contributed by atoms with Gasteiger partial charge in [0.2, 0.25) is 0 Å². The van der Waals surface area contributed by atoms with Crippen molar-refractivity contribution < 1.29 is 0 Å². The number of anilines is 1. The predicted octanol–water partition coefficient (Wildman–Crippen LogP) is 3.53. The van der Waals surface area contributed by atoms with Crippen molar-refractivity contribution in [1.29, 1.82) is 0 Å². The molecule has 3 heteroatoms. The second kappa shape index (κ2) is 6.21. The minimum absolute atomic E-state index is 0.532. The van der Waals surface area contributed by atoms with Gasteiger partial charge in [-0.3, -0.25) is 4.90 Å². The van der Waals surface area contributed by atoms with Crippen LogP contribution in [0.15, 0.2) is 18.2 Å². The second-order valence-electron chi connectivity index (χ2n) is 6.99. The van der Waals surface area contributed by atoms with Crippen LogP contribution in [-0.2, 0) is 0 Å². The maximum atomic E-state index is 4.59. The van der Waals surface area contributed by atoms with Crippen LogP contribution in [0.25, 0.3) is 0 Å². The quantitative estimate of drug-likeness (QED) is 0.850. The molecule has 2 nitrogen and oxygen atoms in total. The summed E-state index contributed by atoms with van der Waals surface area (Å²) in [4.78, 5) is 5.23. The summed E-state index contributed by atoms with van der Waals surface area (Å²) in [6.45, 7) is 10.4. The molecule has 0 amide bonds. The molecule has 0 N–H and O–H groups in total. The Kier molecular flexibility index (Phi) is 4.51. The van der Waals surface area contributed by atoms with Crippen molar-refractivity contribution in [3.63, 3.8) is 0 Å². The molecule has 1 saturated heterocycles. The molecule has 1 aromatic rings. The van der Waals surface area contributed by atoms with Crippen molar-refractivity contribution in [2.24, 2.45) is 5.41 Å². The molecule has 0 unspecified atom stereocenters. The van der Waals surface area contributed by atoms with Gasteiger partial charge in [-0.15, -0.1) is 0 Å². The number of rotatable bonds is 4. The van der Waals surface area contributed by atoms with Gasteiger partial charge >= 0.3 is 0 Å². The van der Waals surface area contributed by atoms with Crippen molar-refractivity contribution >= 4 is 18.3 Å². The highest BCUT2D eigenvalue weighted by Crippen LogP contribution is 2.42. The predicted molar refractivity (Wildman–Crippen MR) is 94.7 cm³/mol. The zero-order valence-electron chi connectivity index (χ0n) is 13.4. The Morgan fingerprint density at radius 2 is 1.81 bits per heavy atom. The van der Waals surface area contributed by atoms with Crippen molar-refractivity contribution in [3.8, 4) is 0 Å². The fraction of sp³-hybridized carbons (Fsp3) is 0.667. The fourth-order valence-corrected chi connectivity index (χ4v) is 4.16. The average Bonchev–Trinajstić information content (AvgIpc) is 2.47. The van der Waals surface area contributed by atoms with Crippen molar-refractivity contribution in [1.82, 2.24) is 4.90 Å². The molecule has 2 aliphatic rings. The summed E-state index contributed by atoms with van der Waals surface area (Å²) in [6.07, 6.45) is 4.17. The highest BCUT2D eigenvalue weighted by molar-refractivity contribution is 7.80. The van der Waals surface area contributed by atoms with E-state index in [2.05, 4.69) is 54.5 Å². The van der Waals surface area contributed by atoms with Gasteiger partial charge in [0, 0.05) is 38.4 Å². The Balaban J connectivity index is 1.59. The molecule has 1 aromatic carbocycles. The molecule has 0 radical (unpaired) electrons. The Labute approximate surface area is 134 Å². The standard InChI is InChI=1S/C18H28N2S/c1-15-5-3-6-17(16(15)2)20-11-9-19(10-12-20)13-18(14-21)7-4-8-18/h3,5-6,21H,4,7-14H2,1-2H3. The molecule has 0 aromatic heterocycles. The molecule has 0 atom stereocenters. The molecule has 0 spiro atoms. The van der Waals surface area contributed by atoms with E-state index in [1.165, 1.54) is 55.7 Å². The van der Waals surface area contributed by atoms with Crippen molar-refractivity contribution in [2.75, 3.05) is 43.4 Å². The maximum absolute atomic E-state index is 4.59. The van der Waals surface area contributed by atoms with Gasteiger partial charge in [-0.1, -0.05) is 18.6 Å². The van der Waals surface area contributed by atoms with E-state index in [4.69, 9.17) is 0 Å². The number of hydrogen-bond donors (Lipinski definition) is 1. The van der Waals surface area contributed by atoms with E-state index in [9.17, 15) is 0 Å². The molecule has 1 aliphatic heterocycles. The lowest BCUT2D eigenvalue weighted by atomic mass is 9.70. The maximum Gasteiger partial charge on any atom is 0.0399 e.